The highest BCUT2D eigenvalue weighted by Crippen LogP contribution is 2.37. The van der Waals surface area contributed by atoms with Gasteiger partial charge in [0, 0.05) is 60.2 Å². The van der Waals surface area contributed by atoms with E-state index in [0.29, 0.717) is 70.9 Å². The van der Waals surface area contributed by atoms with E-state index in [1.165, 1.54) is 24.1 Å². The molecule has 1 atom stereocenters. The molecule has 13 heteroatoms. The number of nitrogens with one attached hydrogen (secondary N) is 3. The summed E-state index contributed by atoms with van der Waals surface area (Å²) in [4.78, 5) is 41.7. The molecule has 0 spiro atoms. The molecule has 6 rings (SSSR count). The van der Waals surface area contributed by atoms with Crippen LogP contribution in [0.3, 0.4) is 0 Å². The summed E-state index contributed by atoms with van der Waals surface area (Å²) in [5, 5.41) is 38.5. The number of aromatic nitrogens is 1. The summed E-state index contributed by atoms with van der Waals surface area (Å²) in [6.45, 7) is 0.442. The molecule has 1 saturated carbocycles. The lowest BCUT2D eigenvalue weighted by Gasteiger charge is -2.35. The molecule has 8 N–H and O–H groups in total. The number of aryl methyl sites for hydroxylation is 1. The number of carbonyl (C=O) groups excluding carboxylic acids is 1. The highest BCUT2D eigenvalue weighted by atomic mass is 35.5. The van der Waals surface area contributed by atoms with Crippen LogP contribution in [-0.2, 0) is 17.8 Å². The number of amides is 2. The lowest BCUT2D eigenvalue weighted by Crippen LogP contribution is -2.44. The summed E-state index contributed by atoms with van der Waals surface area (Å²) < 4.78 is 5.60. The molecule has 0 radical (unpaired) electrons. The maximum Gasteiger partial charge on any atom is 0.412 e. The quantitative estimate of drug-likeness (QED) is 0.0618. The number of aliphatic hydroxyl groups excluding tert-OH is 1. The fourth-order valence-corrected chi connectivity index (χ4v) is 7.53. The maximum atomic E-state index is 13.1. The Bertz CT molecular complexity index is 2200. The third kappa shape index (κ3) is 9.46. The minimum absolute atomic E-state index is 0.0868. The molecular formula is C42H46ClN5O7. The second-order valence-corrected chi connectivity index (χ2v) is 14.3. The number of nitrogens with two attached hydrogens (primary N) is 1. The number of fused-ring (bicyclic) bond motifs is 1. The number of aromatic amines is 1. The molecule has 0 saturated heterocycles. The maximum absolute atomic E-state index is 13.1. The van der Waals surface area contributed by atoms with Gasteiger partial charge in [-0.3, -0.25) is 14.5 Å². The van der Waals surface area contributed by atoms with Gasteiger partial charge in [-0.05, 0) is 79.5 Å². The van der Waals surface area contributed by atoms with Crippen molar-refractivity contribution < 1.29 is 29.6 Å². The number of pyridine rings is 1. The fraction of sp³-hybridized carbons (Fsp3) is 0.310. The van der Waals surface area contributed by atoms with Crippen LogP contribution in [0.2, 0.25) is 5.02 Å². The standard InChI is InChI=1S/C42H46ClN5O7/c1-55-38-22-34(33(43)21-27(38)23-45-24-37(50)31-16-18-36(49)41-32(31)17-19-40(52)47-41)46-39(51)9-5-6-25-10-15-30(26-7-3-2-4-8-26)35(20-25)48(42(53)54)29-13-11-28(44)12-14-29/h2-4,7-8,10,15-22,28-29,37,45,49-50H,5-6,9,11-14,23-24,44H2,1H3,(H,46,51)(H,47,52)(H,53,54)/t28?,29?,37-/m0/s1. The van der Waals surface area contributed by atoms with Crippen LogP contribution in [0.5, 0.6) is 11.5 Å². The molecule has 4 aromatic carbocycles. The predicted octanol–water partition coefficient (Wildman–Crippen LogP) is 7.10. The molecule has 1 aliphatic rings. The first-order chi connectivity index (χ1) is 26.5. The second-order valence-electron chi connectivity index (χ2n) is 13.9. The Morgan fingerprint density at radius 3 is 2.51 bits per heavy atom. The molecule has 1 aliphatic carbocycles. The number of halogens is 1. The number of ether oxygens (including phenoxy) is 1. The SMILES string of the molecule is COc1cc(NC(=O)CCCc2ccc(-c3ccccc3)c(N(C(=O)O)C3CCC(N)CC3)c2)c(Cl)cc1CNC[C@H](O)c1ccc(O)c2[nH]c(=O)ccc12. The lowest BCUT2D eigenvalue weighted by atomic mass is 9.89. The van der Waals surface area contributed by atoms with E-state index in [-0.39, 0.29) is 47.8 Å². The first-order valence-electron chi connectivity index (χ1n) is 18.4. The van der Waals surface area contributed by atoms with Gasteiger partial charge in [-0.25, -0.2) is 4.79 Å². The highest BCUT2D eigenvalue weighted by molar-refractivity contribution is 6.33. The van der Waals surface area contributed by atoms with Gasteiger partial charge >= 0.3 is 6.09 Å². The van der Waals surface area contributed by atoms with Crippen LogP contribution in [-0.4, -0.2) is 58.0 Å². The number of H-pyrrole nitrogens is 1. The Morgan fingerprint density at radius 1 is 1.02 bits per heavy atom. The molecule has 55 heavy (non-hydrogen) atoms. The van der Waals surface area contributed by atoms with E-state index in [4.69, 9.17) is 22.1 Å². The van der Waals surface area contributed by atoms with Crippen molar-refractivity contribution in [2.75, 3.05) is 23.9 Å². The molecule has 288 valence electrons. The van der Waals surface area contributed by atoms with Gasteiger partial charge in [-0.1, -0.05) is 60.1 Å². The highest BCUT2D eigenvalue weighted by Gasteiger charge is 2.31. The number of hydrogen-bond acceptors (Lipinski definition) is 8. The Labute approximate surface area is 323 Å². The zero-order valence-corrected chi connectivity index (χ0v) is 31.3. The van der Waals surface area contributed by atoms with Crippen LogP contribution in [0, 0.1) is 0 Å². The normalized spacial score (nSPS) is 16.1. The number of carboxylic acid groups (broad SMARTS) is 1. The first kappa shape index (κ1) is 39.3. The van der Waals surface area contributed by atoms with E-state index in [9.17, 15) is 29.7 Å². The summed E-state index contributed by atoms with van der Waals surface area (Å²) in [6, 6.07) is 24.8. The van der Waals surface area contributed by atoms with Crippen molar-refractivity contribution in [1.82, 2.24) is 10.3 Å². The van der Waals surface area contributed by atoms with Gasteiger partial charge < -0.3 is 41.4 Å². The molecule has 0 unspecified atom stereocenters. The average Bonchev–Trinajstić information content (AvgIpc) is 3.17. The van der Waals surface area contributed by atoms with E-state index in [0.717, 1.165) is 29.5 Å². The molecular weight excluding hydrogens is 722 g/mol. The zero-order valence-electron chi connectivity index (χ0n) is 30.6. The van der Waals surface area contributed by atoms with Crippen LogP contribution in [0.15, 0.2) is 89.7 Å². The number of nitrogens with zero attached hydrogens (tertiary/aromatic N) is 1. The number of methoxy groups -OCH3 is 1. The summed E-state index contributed by atoms with van der Waals surface area (Å²) in [5.41, 5.74) is 11.0. The number of carbonyl (C=O) groups is 2. The molecule has 1 aromatic heterocycles. The molecule has 5 aromatic rings. The number of aromatic hydroxyl groups is 1. The fourth-order valence-electron chi connectivity index (χ4n) is 7.30. The van der Waals surface area contributed by atoms with Crippen molar-refractivity contribution >= 4 is 45.9 Å². The van der Waals surface area contributed by atoms with Crippen molar-refractivity contribution in [2.45, 2.75) is 69.7 Å². The molecule has 0 aliphatic heterocycles. The van der Waals surface area contributed by atoms with Gasteiger partial charge in [0.25, 0.3) is 0 Å². The van der Waals surface area contributed by atoms with Crippen molar-refractivity contribution in [2.24, 2.45) is 5.73 Å². The topological polar surface area (TPSA) is 190 Å². The lowest BCUT2D eigenvalue weighted by molar-refractivity contribution is -0.116. The van der Waals surface area contributed by atoms with Crippen molar-refractivity contribution in [1.29, 1.82) is 0 Å². The van der Waals surface area contributed by atoms with Gasteiger partial charge in [0.15, 0.2) is 0 Å². The van der Waals surface area contributed by atoms with E-state index in [1.54, 1.807) is 24.3 Å². The van der Waals surface area contributed by atoms with Crippen LogP contribution in [0.4, 0.5) is 16.2 Å². The number of aliphatic hydroxyl groups is 1. The van der Waals surface area contributed by atoms with Crippen LogP contribution >= 0.6 is 11.6 Å². The minimum atomic E-state index is -0.997. The molecule has 0 bridgehead atoms. The number of anilines is 2. The van der Waals surface area contributed by atoms with Gasteiger partial charge in [-0.2, -0.15) is 0 Å². The van der Waals surface area contributed by atoms with Gasteiger partial charge in [0.2, 0.25) is 11.5 Å². The summed E-state index contributed by atoms with van der Waals surface area (Å²) in [5.74, 6) is 0.173. The van der Waals surface area contributed by atoms with Gasteiger partial charge in [0.1, 0.15) is 11.5 Å². The van der Waals surface area contributed by atoms with Gasteiger partial charge in [-0.15, -0.1) is 0 Å². The number of phenols is 1. The number of rotatable bonds is 14. The van der Waals surface area contributed by atoms with E-state index in [1.807, 2.05) is 48.5 Å². The van der Waals surface area contributed by atoms with E-state index in [2.05, 4.69) is 15.6 Å². The summed E-state index contributed by atoms with van der Waals surface area (Å²) in [6.07, 6.45) is 2.28. The Morgan fingerprint density at radius 2 is 1.78 bits per heavy atom. The number of hydrogen-bond donors (Lipinski definition) is 7. The van der Waals surface area contributed by atoms with Crippen molar-refractivity contribution in [3.8, 4) is 22.6 Å². The summed E-state index contributed by atoms with van der Waals surface area (Å²) in [7, 11) is 1.52. The third-order valence-corrected chi connectivity index (χ3v) is 10.5. The number of phenolic OH excluding ortho intramolecular Hbond substituents is 1. The van der Waals surface area contributed by atoms with E-state index < -0.39 is 12.2 Å². The zero-order chi connectivity index (χ0) is 39.1. The second kappa shape index (κ2) is 17.8. The van der Waals surface area contributed by atoms with Crippen molar-refractivity contribution in [3.05, 3.63) is 117 Å². The molecule has 1 heterocycles. The molecule has 1 fully saturated rings. The van der Waals surface area contributed by atoms with Crippen molar-refractivity contribution in [3.63, 3.8) is 0 Å². The first-order valence-corrected chi connectivity index (χ1v) is 18.8. The largest absolute Gasteiger partial charge is 0.506 e. The monoisotopic (exact) mass is 767 g/mol. The Balaban J connectivity index is 1.08. The average molecular weight is 768 g/mol. The summed E-state index contributed by atoms with van der Waals surface area (Å²) >= 11 is 6.61. The van der Waals surface area contributed by atoms with Gasteiger partial charge in [0.05, 0.1) is 35.1 Å². The minimum Gasteiger partial charge on any atom is -0.506 e. The Hall–Kier alpha value is -5.40. The van der Waals surface area contributed by atoms with Crippen LogP contribution < -0.4 is 31.6 Å². The molecule has 12 nitrogen and oxygen atoms in total. The van der Waals surface area contributed by atoms with Crippen LogP contribution in [0.1, 0.15) is 61.3 Å². The molecule has 2 amide bonds. The van der Waals surface area contributed by atoms with E-state index >= 15 is 0 Å². The van der Waals surface area contributed by atoms with Crippen LogP contribution in [0.25, 0.3) is 22.0 Å². The number of benzene rings is 4. The third-order valence-electron chi connectivity index (χ3n) is 10.2. The Kier molecular flexibility index (Phi) is 12.7. The predicted molar refractivity (Wildman–Crippen MR) is 215 cm³/mol. The smallest absolute Gasteiger partial charge is 0.412 e.